The zero-order valence-corrected chi connectivity index (χ0v) is 14.7. The fraction of sp³-hybridized carbons (Fsp3) is 0.158. The summed E-state index contributed by atoms with van der Waals surface area (Å²) in [5, 5.41) is 0. The van der Waals surface area contributed by atoms with Gasteiger partial charge in [-0.1, -0.05) is 12.1 Å². The second-order valence-corrected chi connectivity index (χ2v) is 5.96. The third kappa shape index (κ3) is 4.25. The molecule has 3 aromatic rings. The van der Waals surface area contributed by atoms with E-state index >= 15 is 0 Å². The van der Waals surface area contributed by atoms with Crippen LogP contribution in [0.3, 0.4) is 0 Å². The highest BCUT2D eigenvalue weighted by Gasteiger charge is 2.32. The Morgan fingerprint density at radius 3 is 2.07 bits per heavy atom. The molecule has 0 amide bonds. The van der Waals surface area contributed by atoms with Gasteiger partial charge in [0.2, 0.25) is 0 Å². The topological polar surface area (TPSA) is 44.1 Å². The van der Waals surface area contributed by atoms with E-state index in [1.807, 2.05) is 0 Å². The Hall–Kier alpha value is -3.30. The van der Waals surface area contributed by atoms with Crippen LogP contribution in [-0.2, 0) is 17.1 Å². The number of aromatic nitrogens is 2. The first-order valence-corrected chi connectivity index (χ1v) is 8.02. The molecule has 0 unspecified atom stereocenters. The highest BCUT2D eigenvalue weighted by Crippen LogP contribution is 2.33. The van der Waals surface area contributed by atoms with Gasteiger partial charge in [-0.3, -0.25) is 0 Å². The summed E-state index contributed by atoms with van der Waals surface area (Å²) < 4.78 is 83.0. The van der Waals surface area contributed by atoms with Crippen molar-refractivity contribution in [3.8, 4) is 16.9 Å². The van der Waals surface area contributed by atoms with Gasteiger partial charge in [-0.15, -0.1) is 0 Å². The van der Waals surface area contributed by atoms with E-state index in [9.17, 15) is 31.1 Å². The number of hydrogen-bond donors (Lipinski definition) is 0. The second-order valence-electron chi connectivity index (χ2n) is 5.96. The van der Waals surface area contributed by atoms with Crippen molar-refractivity contribution >= 4 is 5.97 Å². The van der Waals surface area contributed by atoms with E-state index in [1.54, 1.807) is 0 Å². The molecular formula is C19H12F6N2O2. The van der Waals surface area contributed by atoms with Crippen molar-refractivity contribution in [3.63, 3.8) is 0 Å². The second kappa shape index (κ2) is 7.26. The van der Waals surface area contributed by atoms with E-state index in [1.165, 1.54) is 22.9 Å². The monoisotopic (exact) mass is 414 g/mol. The van der Waals surface area contributed by atoms with Gasteiger partial charge in [0.05, 0.1) is 41.5 Å². The van der Waals surface area contributed by atoms with Crippen LogP contribution in [0.5, 0.6) is 0 Å². The van der Waals surface area contributed by atoms with Crippen LogP contribution in [0.15, 0.2) is 55.0 Å². The van der Waals surface area contributed by atoms with Gasteiger partial charge in [-0.25, -0.2) is 9.78 Å². The van der Waals surface area contributed by atoms with Gasteiger partial charge in [0.15, 0.2) is 0 Å². The predicted molar refractivity (Wildman–Crippen MR) is 90.3 cm³/mol. The average Bonchev–Trinajstić information content (AvgIpc) is 3.15. The van der Waals surface area contributed by atoms with Gasteiger partial charge >= 0.3 is 18.3 Å². The third-order valence-corrected chi connectivity index (χ3v) is 4.10. The summed E-state index contributed by atoms with van der Waals surface area (Å²) in [5.74, 6) is -0.849. The Balaban J connectivity index is 2.04. The molecule has 0 aliphatic heterocycles. The van der Waals surface area contributed by atoms with Crippen LogP contribution in [0.4, 0.5) is 26.3 Å². The van der Waals surface area contributed by atoms with Gasteiger partial charge in [0, 0.05) is 11.8 Å². The van der Waals surface area contributed by atoms with Crippen LogP contribution in [0.2, 0.25) is 0 Å². The molecule has 0 saturated heterocycles. The Morgan fingerprint density at radius 1 is 0.931 bits per heavy atom. The minimum absolute atomic E-state index is 0.127. The van der Waals surface area contributed by atoms with Crippen molar-refractivity contribution in [2.45, 2.75) is 12.4 Å². The minimum atomic E-state index is -4.64. The molecule has 29 heavy (non-hydrogen) atoms. The Bertz CT molecular complexity index is 1040. The summed E-state index contributed by atoms with van der Waals surface area (Å²) in [4.78, 5) is 16.0. The Labute approximate surface area is 160 Å². The number of halogens is 6. The number of alkyl halides is 6. The van der Waals surface area contributed by atoms with Gasteiger partial charge in [-0.05, 0) is 30.3 Å². The fourth-order valence-electron chi connectivity index (χ4n) is 2.64. The number of ether oxygens (including phenoxy) is 1. The van der Waals surface area contributed by atoms with Crippen LogP contribution in [0, 0.1) is 0 Å². The summed E-state index contributed by atoms with van der Waals surface area (Å²) in [7, 11) is 1.09. The van der Waals surface area contributed by atoms with Crippen LogP contribution in [0.1, 0.15) is 21.5 Å². The molecule has 0 spiro atoms. The lowest BCUT2D eigenvalue weighted by atomic mass is 10.1. The summed E-state index contributed by atoms with van der Waals surface area (Å²) in [6, 6.07) is 6.65. The number of esters is 1. The quantitative estimate of drug-likeness (QED) is 0.428. The van der Waals surface area contributed by atoms with E-state index in [2.05, 4.69) is 9.72 Å². The number of hydrogen-bond acceptors (Lipinski definition) is 3. The Morgan fingerprint density at radius 2 is 1.52 bits per heavy atom. The molecule has 0 bridgehead atoms. The molecule has 0 saturated carbocycles. The van der Waals surface area contributed by atoms with Crippen molar-refractivity contribution in [1.82, 2.24) is 9.55 Å². The number of nitrogens with zero attached hydrogens (tertiary/aromatic N) is 2. The SMILES string of the molecule is COC(=O)c1ccc(C(F)(F)F)cc1-n1cnc(-c2ccc(C(F)(F)F)cc2)c1. The van der Waals surface area contributed by atoms with Crippen LogP contribution >= 0.6 is 0 Å². The number of benzene rings is 2. The molecule has 10 heteroatoms. The maximum atomic E-state index is 13.1. The van der Waals surface area contributed by atoms with E-state index in [0.29, 0.717) is 5.56 Å². The van der Waals surface area contributed by atoms with Crippen LogP contribution in [0.25, 0.3) is 16.9 Å². The molecule has 1 aromatic heterocycles. The fourth-order valence-corrected chi connectivity index (χ4v) is 2.64. The maximum Gasteiger partial charge on any atom is 0.416 e. The van der Waals surface area contributed by atoms with Crippen molar-refractivity contribution in [3.05, 3.63) is 71.7 Å². The van der Waals surface area contributed by atoms with Crippen molar-refractivity contribution < 1.29 is 35.9 Å². The smallest absolute Gasteiger partial charge is 0.416 e. The van der Waals surface area contributed by atoms with E-state index in [4.69, 9.17) is 0 Å². The minimum Gasteiger partial charge on any atom is -0.465 e. The maximum absolute atomic E-state index is 13.1. The molecule has 0 atom stereocenters. The van der Waals surface area contributed by atoms with Gasteiger partial charge < -0.3 is 9.30 Å². The molecule has 0 aliphatic carbocycles. The Kier molecular flexibility index (Phi) is 5.12. The van der Waals surface area contributed by atoms with Crippen molar-refractivity contribution in [2.75, 3.05) is 7.11 Å². The first-order chi connectivity index (χ1) is 13.5. The molecule has 0 radical (unpaired) electrons. The molecule has 152 valence electrons. The zero-order chi connectivity index (χ0) is 21.4. The van der Waals surface area contributed by atoms with E-state index < -0.39 is 29.4 Å². The van der Waals surface area contributed by atoms with Gasteiger partial charge in [0.25, 0.3) is 0 Å². The number of imidazole rings is 1. The first kappa shape index (κ1) is 20.4. The molecule has 1 heterocycles. The average molecular weight is 414 g/mol. The number of rotatable bonds is 3. The largest absolute Gasteiger partial charge is 0.465 e. The summed E-state index contributed by atoms with van der Waals surface area (Å²) in [6.07, 6.45) is -6.66. The standard InChI is InChI=1S/C19H12F6N2O2/c1-29-17(28)14-7-6-13(19(23,24)25)8-16(14)27-9-15(26-10-27)11-2-4-12(5-3-11)18(20,21)22/h2-10H,1H3. The zero-order valence-electron chi connectivity index (χ0n) is 14.7. The molecule has 0 aliphatic rings. The summed E-state index contributed by atoms with van der Waals surface area (Å²) >= 11 is 0. The molecule has 4 nitrogen and oxygen atoms in total. The molecule has 0 N–H and O–H groups in total. The number of carbonyl (C=O) groups is 1. The summed E-state index contributed by atoms with van der Waals surface area (Å²) in [6.45, 7) is 0. The normalized spacial score (nSPS) is 12.1. The highest BCUT2D eigenvalue weighted by molar-refractivity contribution is 5.93. The lowest BCUT2D eigenvalue weighted by Crippen LogP contribution is -2.11. The lowest BCUT2D eigenvalue weighted by Gasteiger charge is -2.13. The molecular weight excluding hydrogens is 402 g/mol. The molecule has 3 rings (SSSR count). The van der Waals surface area contributed by atoms with E-state index in [0.717, 1.165) is 43.8 Å². The first-order valence-electron chi connectivity index (χ1n) is 8.02. The van der Waals surface area contributed by atoms with Crippen LogP contribution < -0.4 is 0 Å². The lowest BCUT2D eigenvalue weighted by molar-refractivity contribution is -0.138. The summed E-state index contributed by atoms with van der Waals surface area (Å²) in [5.41, 5.74) is -1.54. The van der Waals surface area contributed by atoms with E-state index in [-0.39, 0.29) is 16.9 Å². The van der Waals surface area contributed by atoms with Crippen LogP contribution in [-0.4, -0.2) is 22.6 Å². The third-order valence-electron chi connectivity index (χ3n) is 4.10. The van der Waals surface area contributed by atoms with Crippen molar-refractivity contribution in [1.29, 1.82) is 0 Å². The molecule has 2 aromatic carbocycles. The number of methoxy groups -OCH3 is 1. The van der Waals surface area contributed by atoms with Gasteiger partial charge in [0.1, 0.15) is 0 Å². The highest BCUT2D eigenvalue weighted by atomic mass is 19.4. The van der Waals surface area contributed by atoms with Crippen molar-refractivity contribution in [2.24, 2.45) is 0 Å². The predicted octanol–water partition coefficient (Wildman–Crippen LogP) is 5.36. The number of carbonyl (C=O) groups excluding carboxylic acids is 1. The molecule has 0 fully saturated rings. The van der Waals surface area contributed by atoms with Gasteiger partial charge in [-0.2, -0.15) is 26.3 Å².